The van der Waals surface area contributed by atoms with Gasteiger partial charge in [-0.15, -0.1) is 0 Å². The Morgan fingerprint density at radius 1 is 1.43 bits per heavy atom. The first-order chi connectivity index (χ1) is 9.97. The van der Waals surface area contributed by atoms with Crippen LogP contribution in [0.15, 0.2) is 18.5 Å². The van der Waals surface area contributed by atoms with Gasteiger partial charge in [-0.2, -0.15) is 4.31 Å². The van der Waals surface area contributed by atoms with Gasteiger partial charge in [0.25, 0.3) is 0 Å². The standard InChI is InChI=1S/C13H19N3O4S/c1-21(17,18)16-7-2-4-13(10-16)8-11(9-19-13)20-12-14-5-3-6-15-12/h3,5-6,11H,2,4,7-10H2,1H3/t11-,13-/m1/s1. The van der Waals surface area contributed by atoms with E-state index in [0.717, 1.165) is 12.8 Å². The van der Waals surface area contributed by atoms with E-state index in [1.54, 1.807) is 18.5 Å². The number of piperidine rings is 1. The predicted molar refractivity (Wildman–Crippen MR) is 75.4 cm³/mol. The van der Waals surface area contributed by atoms with E-state index in [4.69, 9.17) is 9.47 Å². The molecular weight excluding hydrogens is 294 g/mol. The first kappa shape index (κ1) is 14.7. The molecule has 1 aromatic heterocycles. The topological polar surface area (TPSA) is 81.6 Å². The molecule has 0 N–H and O–H groups in total. The van der Waals surface area contributed by atoms with Gasteiger partial charge in [-0.25, -0.2) is 18.4 Å². The molecule has 0 unspecified atom stereocenters. The first-order valence-corrected chi connectivity index (χ1v) is 8.84. The summed E-state index contributed by atoms with van der Waals surface area (Å²) in [6.45, 7) is 1.41. The lowest BCUT2D eigenvalue weighted by Gasteiger charge is -2.38. The summed E-state index contributed by atoms with van der Waals surface area (Å²) in [7, 11) is -3.18. The summed E-state index contributed by atoms with van der Waals surface area (Å²) < 4.78 is 36.5. The van der Waals surface area contributed by atoms with Crippen molar-refractivity contribution in [1.29, 1.82) is 0 Å². The Hall–Kier alpha value is -1.25. The highest BCUT2D eigenvalue weighted by molar-refractivity contribution is 7.88. The van der Waals surface area contributed by atoms with E-state index >= 15 is 0 Å². The molecule has 1 spiro atoms. The summed E-state index contributed by atoms with van der Waals surface area (Å²) in [5, 5.41) is 0. The summed E-state index contributed by atoms with van der Waals surface area (Å²) in [6.07, 6.45) is 6.69. The molecule has 2 fully saturated rings. The van der Waals surface area contributed by atoms with Crippen molar-refractivity contribution >= 4 is 10.0 Å². The predicted octanol–water partition coefficient (Wildman–Crippen LogP) is 0.438. The van der Waals surface area contributed by atoms with Gasteiger partial charge in [0.15, 0.2) is 0 Å². The van der Waals surface area contributed by atoms with Gasteiger partial charge in [0, 0.05) is 31.9 Å². The average Bonchev–Trinajstić information content (AvgIpc) is 2.81. The van der Waals surface area contributed by atoms with E-state index < -0.39 is 15.6 Å². The van der Waals surface area contributed by atoms with Gasteiger partial charge in [-0.05, 0) is 18.9 Å². The lowest BCUT2D eigenvalue weighted by Crippen LogP contribution is -2.49. The SMILES string of the molecule is CS(=O)(=O)N1CCC[C@@]2(C[C@@H](Oc3ncccn3)CO2)C1. The molecule has 0 aliphatic carbocycles. The number of nitrogens with zero attached hydrogens (tertiary/aromatic N) is 3. The van der Waals surface area contributed by atoms with E-state index in [2.05, 4.69) is 9.97 Å². The van der Waals surface area contributed by atoms with Crippen LogP contribution in [0.1, 0.15) is 19.3 Å². The van der Waals surface area contributed by atoms with E-state index in [9.17, 15) is 8.42 Å². The van der Waals surface area contributed by atoms with Crippen molar-refractivity contribution in [3.63, 3.8) is 0 Å². The molecule has 2 aliphatic heterocycles. The van der Waals surface area contributed by atoms with Crippen LogP contribution >= 0.6 is 0 Å². The van der Waals surface area contributed by atoms with Crippen LogP contribution in [0.5, 0.6) is 6.01 Å². The molecule has 2 saturated heterocycles. The third-order valence-corrected chi connectivity index (χ3v) is 5.21. The molecule has 3 heterocycles. The molecule has 8 heteroatoms. The van der Waals surface area contributed by atoms with Gasteiger partial charge in [0.1, 0.15) is 6.10 Å². The molecule has 116 valence electrons. The molecule has 0 bridgehead atoms. The van der Waals surface area contributed by atoms with Crippen molar-refractivity contribution in [2.24, 2.45) is 0 Å². The van der Waals surface area contributed by atoms with E-state index in [0.29, 0.717) is 32.1 Å². The molecule has 1 aromatic rings. The smallest absolute Gasteiger partial charge is 0.316 e. The average molecular weight is 313 g/mol. The molecule has 7 nitrogen and oxygen atoms in total. The van der Waals surface area contributed by atoms with Crippen LogP contribution in [-0.2, 0) is 14.8 Å². The van der Waals surface area contributed by atoms with E-state index in [1.807, 2.05) is 0 Å². The fourth-order valence-electron chi connectivity index (χ4n) is 3.00. The maximum atomic E-state index is 11.7. The van der Waals surface area contributed by atoms with Crippen molar-refractivity contribution < 1.29 is 17.9 Å². The molecule has 2 aliphatic rings. The molecule has 21 heavy (non-hydrogen) atoms. The van der Waals surface area contributed by atoms with Crippen molar-refractivity contribution in [2.45, 2.75) is 31.0 Å². The number of hydrogen-bond donors (Lipinski definition) is 0. The maximum absolute atomic E-state index is 11.7. The van der Waals surface area contributed by atoms with Gasteiger partial charge in [-0.3, -0.25) is 0 Å². The molecular formula is C13H19N3O4S. The minimum Gasteiger partial charge on any atom is -0.458 e. The van der Waals surface area contributed by atoms with Crippen LogP contribution < -0.4 is 4.74 Å². The quantitative estimate of drug-likeness (QED) is 0.805. The molecule has 0 amide bonds. The Morgan fingerprint density at radius 2 is 2.19 bits per heavy atom. The fraction of sp³-hybridized carbons (Fsp3) is 0.692. The third-order valence-electron chi connectivity index (χ3n) is 3.96. The monoisotopic (exact) mass is 313 g/mol. The third kappa shape index (κ3) is 3.33. The zero-order chi connectivity index (χ0) is 14.9. The van der Waals surface area contributed by atoms with Gasteiger partial charge in [0.2, 0.25) is 10.0 Å². The maximum Gasteiger partial charge on any atom is 0.316 e. The minimum absolute atomic E-state index is 0.132. The van der Waals surface area contributed by atoms with Crippen LogP contribution in [0.25, 0.3) is 0 Å². The van der Waals surface area contributed by atoms with E-state index in [-0.39, 0.29) is 6.10 Å². The number of rotatable bonds is 3. The summed E-state index contributed by atoms with van der Waals surface area (Å²) in [4.78, 5) is 8.07. The van der Waals surface area contributed by atoms with Gasteiger partial charge < -0.3 is 9.47 Å². The summed E-state index contributed by atoms with van der Waals surface area (Å²) >= 11 is 0. The van der Waals surface area contributed by atoms with Crippen LogP contribution in [0.4, 0.5) is 0 Å². The zero-order valence-corrected chi connectivity index (χ0v) is 12.8. The second-order valence-corrected chi connectivity index (χ2v) is 7.65. The van der Waals surface area contributed by atoms with Crippen molar-refractivity contribution in [2.75, 3.05) is 26.0 Å². The molecule has 3 rings (SSSR count). The summed E-state index contributed by atoms with van der Waals surface area (Å²) in [6, 6.07) is 2.06. The Kier molecular flexibility index (Phi) is 3.85. The van der Waals surface area contributed by atoms with Gasteiger partial charge >= 0.3 is 6.01 Å². The summed E-state index contributed by atoms with van der Waals surface area (Å²) in [5.41, 5.74) is -0.430. The Morgan fingerprint density at radius 3 is 2.90 bits per heavy atom. The van der Waals surface area contributed by atoms with Crippen molar-refractivity contribution in [3.8, 4) is 6.01 Å². The van der Waals surface area contributed by atoms with Crippen LogP contribution in [0.2, 0.25) is 0 Å². The number of hydrogen-bond acceptors (Lipinski definition) is 6. The largest absolute Gasteiger partial charge is 0.458 e. The lowest BCUT2D eigenvalue weighted by atomic mass is 9.90. The second kappa shape index (κ2) is 5.51. The number of aromatic nitrogens is 2. The normalized spacial score (nSPS) is 30.6. The van der Waals surface area contributed by atoms with Crippen molar-refractivity contribution in [3.05, 3.63) is 18.5 Å². The highest BCUT2D eigenvalue weighted by Crippen LogP contribution is 2.36. The Bertz CT molecular complexity index is 595. The Labute approximate surface area is 124 Å². The van der Waals surface area contributed by atoms with E-state index in [1.165, 1.54) is 10.6 Å². The Balaban J connectivity index is 1.65. The van der Waals surface area contributed by atoms with Crippen LogP contribution in [0, 0.1) is 0 Å². The van der Waals surface area contributed by atoms with Crippen molar-refractivity contribution in [1.82, 2.24) is 14.3 Å². The molecule has 0 saturated carbocycles. The molecule has 0 aromatic carbocycles. The highest BCUT2D eigenvalue weighted by atomic mass is 32.2. The lowest BCUT2D eigenvalue weighted by molar-refractivity contribution is -0.0338. The number of sulfonamides is 1. The highest BCUT2D eigenvalue weighted by Gasteiger charge is 2.46. The second-order valence-electron chi connectivity index (χ2n) is 5.67. The first-order valence-electron chi connectivity index (χ1n) is 7.00. The number of ether oxygens (including phenoxy) is 2. The molecule has 2 atom stereocenters. The van der Waals surface area contributed by atoms with Crippen LogP contribution in [0.3, 0.4) is 0 Å². The van der Waals surface area contributed by atoms with Gasteiger partial charge in [-0.1, -0.05) is 0 Å². The van der Waals surface area contributed by atoms with Gasteiger partial charge in [0.05, 0.1) is 18.5 Å². The molecule has 0 radical (unpaired) electrons. The van der Waals surface area contributed by atoms with Crippen LogP contribution in [-0.4, -0.2) is 60.3 Å². The fourth-order valence-corrected chi connectivity index (χ4v) is 3.93. The summed E-state index contributed by atoms with van der Waals surface area (Å²) in [5.74, 6) is 0. The minimum atomic E-state index is -3.18. The zero-order valence-electron chi connectivity index (χ0n) is 11.9.